The summed E-state index contributed by atoms with van der Waals surface area (Å²) in [5.41, 5.74) is 2.61. The number of hydrogen-bond donors (Lipinski definition) is 1. The van der Waals surface area contributed by atoms with E-state index in [0.717, 1.165) is 25.8 Å². The van der Waals surface area contributed by atoms with E-state index in [1.807, 2.05) is 13.3 Å². The number of hydrogen-bond acceptors (Lipinski definition) is 3. The molecule has 0 bridgehead atoms. The molecule has 1 aliphatic rings. The molecule has 1 unspecified atom stereocenters. The molecule has 20 heavy (non-hydrogen) atoms. The fraction of sp³-hybridized carbons (Fsp3) is 0.706. The smallest absolute Gasteiger partial charge is 0.0693 e. The summed E-state index contributed by atoms with van der Waals surface area (Å²) in [5, 5.41) is 3.60. The second kappa shape index (κ2) is 7.19. The number of nitrogens with one attached hydrogen (secondary N) is 1. The van der Waals surface area contributed by atoms with Gasteiger partial charge in [0, 0.05) is 31.5 Å². The zero-order valence-electron chi connectivity index (χ0n) is 13.1. The Morgan fingerprint density at radius 3 is 2.60 bits per heavy atom. The topological polar surface area (TPSA) is 34.2 Å². The molecule has 1 saturated carbocycles. The lowest BCUT2D eigenvalue weighted by molar-refractivity contribution is -0.0833. The number of likely N-dealkylation sites (N-methyl/N-ethyl adjacent to an activating group) is 1. The third kappa shape index (κ3) is 3.80. The molecule has 0 aromatic carbocycles. The Balaban J connectivity index is 1.97. The lowest BCUT2D eigenvalue weighted by Gasteiger charge is -2.43. The van der Waals surface area contributed by atoms with E-state index >= 15 is 0 Å². The third-order valence-electron chi connectivity index (χ3n) is 4.56. The minimum atomic E-state index is 0.121. The van der Waals surface area contributed by atoms with Gasteiger partial charge in [-0.15, -0.1) is 0 Å². The van der Waals surface area contributed by atoms with Gasteiger partial charge in [-0.05, 0) is 50.3 Å². The monoisotopic (exact) mass is 276 g/mol. The standard InChI is InChI=1S/C17H28N2O/c1-4-14-7-8-15(19-13-14)11-16(18-5-2)12-17(20-3)9-6-10-17/h7-8,13,16,18H,4-6,9-12H2,1-3H3. The van der Waals surface area contributed by atoms with E-state index in [-0.39, 0.29) is 5.60 Å². The number of aromatic nitrogens is 1. The minimum absolute atomic E-state index is 0.121. The van der Waals surface area contributed by atoms with Gasteiger partial charge in [0.2, 0.25) is 0 Å². The number of rotatable bonds is 8. The lowest BCUT2D eigenvalue weighted by Crippen LogP contribution is -2.46. The molecule has 3 nitrogen and oxygen atoms in total. The molecular formula is C17H28N2O. The zero-order valence-corrected chi connectivity index (χ0v) is 13.1. The minimum Gasteiger partial charge on any atom is -0.378 e. The van der Waals surface area contributed by atoms with E-state index in [9.17, 15) is 0 Å². The van der Waals surface area contributed by atoms with Crippen molar-refractivity contribution in [3.8, 4) is 0 Å². The SMILES string of the molecule is CCNC(Cc1ccc(CC)cn1)CC1(OC)CCC1. The van der Waals surface area contributed by atoms with Crippen LogP contribution in [0.4, 0.5) is 0 Å². The number of nitrogens with zero attached hydrogens (tertiary/aromatic N) is 1. The van der Waals surface area contributed by atoms with E-state index in [1.165, 1.54) is 30.5 Å². The number of pyridine rings is 1. The van der Waals surface area contributed by atoms with Gasteiger partial charge in [0.1, 0.15) is 0 Å². The Labute approximate surface area is 123 Å². The van der Waals surface area contributed by atoms with E-state index in [2.05, 4.69) is 36.3 Å². The Hall–Kier alpha value is -0.930. The normalized spacial score (nSPS) is 18.6. The summed E-state index contributed by atoms with van der Waals surface area (Å²) in [6.45, 7) is 5.33. The molecule has 1 heterocycles. The van der Waals surface area contributed by atoms with E-state index in [0.29, 0.717) is 6.04 Å². The van der Waals surface area contributed by atoms with E-state index < -0.39 is 0 Å². The Morgan fingerprint density at radius 2 is 2.15 bits per heavy atom. The lowest BCUT2D eigenvalue weighted by atomic mass is 9.75. The van der Waals surface area contributed by atoms with Gasteiger partial charge in [0.05, 0.1) is 5.60 Å². The van der Waals surface area contributed by atoms with Crippen molar-refractivity contribution in [1.29, 1.82) is 0 Å². The molecule has 1 fully saturated rings. The fourth-order valence-corrected chi connectivity index (χ4v) is 3.05. The predicted molar refractivity (Wildman–Crippen MR) is 83.0 cm³/mol. The molecule has 1 aliphatic carbocycles. The van der Waals surface area contributed by atoms with Gasteiger partial charge < -0.3 is 10.1 Å². The summed E-state index contributed by atoms with van der Waals surface area (Å²) < 4.78 is 5.76. The van der Waals surface area contributed by atoms with Gasteiger partial charge in [-0.3, -0.25) is 4.98 Å². The summed E-state index contributed by atoms with van der Waals surface area (Å²) in [6, 6.07) is 4.82. The molecule has 0 aliphatic heterocycles. The van der Waals surface area contributed by atoms with Gasteiger partial charge in [-0.1, -0.05) is 19.9 Å². The first kappa shape index (κ1) is 15.5. The Kier molecular flexibility index (Phi) is 5.55. The highest BCUT2D eigenvalue weighted by molar-refractivity contribution is 5.15. The van der Waals surface area contributed by atoms with Crippen LogP contribution in [-0.4, -0.2) is 30.3 Å². The van der Waals surface area contributed by atoms with Crippen molar-refractivity contribution in [3.63, 3.8) is 0 Å². The highest BCUT2D eigenvalue weighted by Crippen LogP contribution is 2.39. The van der Waals surface area contributed by atoms with Crippen LogP contribution in [0.2, 0.25) is 0 Å². The summed E-state index contributed by atoms with van der Waals surface area (Å²) in [7, 11) is 1.86. The third-order valence-corrected chi connectivity index (χ3v) is 4.56. The first-order chi connectivity index (χ1) is 9.71. The van der Waals surface area contributed by atoms with Crippen molar-refractivity contribution in [2.75, 3.05) is 13.7 Å². The van der Waals surface area contributed by atoms with E-state index in [4.69, 9.17) is 4.74 Å². The van der Waals surface area contributed by atoms with Crippen LogP contribution in [0.5, 0.6) is 0 Å². The Morgan fingerprint density at radius 1 is 1.35 bits per heavy atom. The van der Waals surface area contributed by atoms with Crippen LogP contribution in [0.3, 0.4) is 0 Å². The van der Waals surface area contributed by atoms with Crippen molar-refractivity contribution in [2.24, 2.45) is 0 Å². The predicted octanol–water partition coefficient (Wildman–Crippen LogP) is 3.12. The molecule has 3 heteroatoms. The van der Waals surface area contributed by atoms with Crippen LogP contribution in [0.15, 0.2) is 18.3 Å². The first-order valence-electron chi connectivity index (χ1n) is 7.93. The number of ether oxygens (including phenoxy) is 1. The van der Waals surface area contributed by atoms with Crippen molar-refractivity contribution < 1.29 is 4.74 Å². The maximum Gasteiger partial charge on any atom is 0.0693 e. The maximum atomic E-state index is 5.76. The molecule has 0 spiro atoms. The van der Waals surface area contributed by atoms with Gasteiger partial charge >= 0.3 is 0 Å². The molecule has 1 N–H and O–H groups in total. The molecule has 1 atom stereocenters. The zero-order chi connectivity index (χ0) is 14.4. The largest absolute Gasteiger partial charge is 0.378 e. The molecular weight excluding hydrogens is 248 g/mol. The summed E-state index contributed by atoms with van der Waals surface area (Å²) >= 11 is 0. The van der Waals surface area contributed by atoms with Gasteiger partial charge in [-0.25, -0.2) is 0 Å². The van der Waals surface area contributed by atoms with Crippen LogP contribution in [0.25, 0.3) is 0 Å². The van der Waals surface area contributed by atoms with E-state index in [1.54, 1.807) is 0 Å². The fourth-order valence-electron chi connectivity index (χ4n) is 3.05. The molecule has 1 aromatic rings. The van der Waals surface area contributed by atoms with Crippen molar-refractivity contribution in [1.82, 2.24) is 10.3 Å². The number of methoxy groups -OCH3 is 1. The van der Waals surface area contributed by atoms with Crippen LogP contribution >= 0.6 is 0 Å². The first-order valence-corrected chi connectivity index (χ1v) is 7.93. The second-order valence-corrected chi connectivity index (χ2v) is 5.91. The molecule has 2 rings (SSSR count). The molecule has 0 radical (unpaired) electrons. The summed E-state index contributed by atoms with van der Waals surface area (Å²) in [5.74, 6) is 0. The Bertz CT molecular complexity index is 392. The molecule has 0 saturated heterocycles. The average molecular weight is 276 g/mol. The molecule has 112 valence electrons. The van der Waals surface area contributed by atoms with Gasteiger partial charge in [0.25, 0.3) is 0 Å². The summed E-state index contributed by atoms with van der Waals surface area (Å²) in [4.78, 5) is 4.59. The van der Waals surface area contributed by atoms with Crippen LogP contribution in [-0.2, 0) is 17.6 Å². The molecule has 0 amide bonds. The quantitative estimate of drug-likeness (QED) is 0.792. The van der Waals surface area contributed by atoms with Crippen molar-refractivity contribution in [2.45, 2.75) is 64.0 Å². The van der Waals surface area contributed by atoms with Crippen LogP contribution in [0, 0.1) is 0 Å². The maximum absolute atomic E-state index is 5.76. The molecule has 1 aromatic heterocycles. The summed E-state index contributed by atoms with van der Waals surface area (Å²) in [6.07, 6.45) is 8.85. The van der Waals surface area contributed by atoms with Crippen molar-refractivity contribution >= 4 is 0 Å². The van der Waals surface area contributed by atoms with Gasteiger partial charge in [0.15, 0.2) is 0 Å². The van der Waals surface area contributed by atoms with Crippen LogP contribution in [0.1, 0.15) is 50.8 Å². The number of aryl methyl sites for hydroxylation is 1. The average Bonchev–Trinajstić information content (AvgIpc) is 2.44. The second-order valence-electron chi connectivity index (χ2n) is 5.91. The van der Waals surface area contributed by atoms with Gasteiger partial charge in [-0.2, -0.15) is 0 Å². The van der Waals surface area contributed by atoms with Crippen LogP contribution < -0.4 is 5.32 Å². The highest BCUT2D eigenvalue weighted by atomic mass is 16.5. The highest BCUT2D eigenvalue weighted by Gasteiger charge is 2.38. The van der Waals surface area contributed by atoms with Crippen molar-refractivity contribution in [3.05, 3.63) is 29.6 Å².